The van der Waals surface area contributed by atoms with Gasteiger partial charge in [0.1, 0.15) is 5.65 Å². The van der Waals surface area contributed by atoms with Crippen LogP contribution in [-0.4, -0.2) is 25.7 Å². The number of carbonyl (C=O) groups excluding carboxylic acids is 2. The minimum Gasteiger partial charge on any atom is -0.294 e. The van der Waals surface area contributed by atoms with Gasteiger partial charge in [0, 0.05) is 30.8 Å². The van der Waals surface area contributed by atoms with Crippen LogP contribution in [0.4, 0.5) is 0 Å². The molecule has 4 rings (SSSR count). The van der Waals surface area contributed by atoms with Crippen LogP contribution in [0.25, 0.3) is 11.0 Å². The molecule has 0 atom stereocenters. The predicted molar refractivity (Wildman–Crippen MR) is 99.3 cm³/mol. The van der Waals surface area contributed by atoms with Crippen molar-refractivity contribution in [1.82, 2.24) is 14.1 Å². The summed E-state index contributed by atoms with van der Waals surface area (Å²) in [6, 6.07) is 8.51. The fraction of sp³-hybridized carbons (Fsp3) is 0.250. The van der Waals surface area contributed by atoms with Gasteiger partial charge in [0.05, 0.1) is 11.9 Å². The highest BCUT2D eigenvalue weighted by atomic mass is 16.2. The van der Waals surface area contributed by atoms with Gasteiger partial charge in [-0.15, -0.1) is 0 Å². The first-order valence-corrected chi connectivity index (χ1v) is 8.72. The average molecular weight is 363 g/mol. The predicted octanol–water partition coefficient (Wildman–Crippen LogP) is 1.50. The van der Waals surface area contributed by atoms with Crippen molar-refractivity contribution in [2.24, 2.45) is 7.05 Å². The Hall–Kier alpha value is -3.35. The van der Waals surface area contributed by atoms with Crippen LogP contribution in [0.5, 0.6) is 0 Å². The Balaban J connectivity index is 1.94. The van der Waals surface area contributed by atoms with Gasteiger partial charge in [0.25, 0.3) is 5.56 Å². The van der Waals surface area contributed by atoms with Gasteiger partial charge in [-0.25, -0.2) is 9.78 Å². The summed E-state index contributed by atoms with van der Waals surface area (Å²) in [6.45, 7) is -0.358. The molecule has 0 saturated carbocycles. The Morgan fingerprint density at radius 3 is 2.59 bits per heavy atom. The minimum absolute atomic E-state index is 0.0502. The summed E-state index contributed by atoms with van der Waals surface area (Å²) in [5, 5.41) is 0.253. The summed E-state index contributed by atoms with van der Waals surface area (Å²) in [6.07, 6.45) is 3.08. The Kier molecular flexibility index (Phi) is 4.07. The van der Waals surface area contributed by atoms with Crippen LogP contribution in [0, 0.1) is 0 Å². The van der Waals surface area contributed by atoms with E-state index in [1.165, 1.54) is 17.8 Å². The number of ketones is 2. The molecule has 2 aromatic heterocycles. The third-order valence-electron chi connectivity index (χ3n) is 4.99. The van der Waals surface area contributed by atoms with Gasteiger partial charge in [0.15, 0.2) is 11.6 Å². The molecule has 3 aromatic rings. The van der Waals surface area contributed by atoms with Crippen molar-refractivity contribution in [3.63, 3.8) is 0 Å². The maximum Gasteiger partial charge on any atom is 0.332 e. The lowest BCUT2D eigenvalue weighted by Gasteiger charge is -2.18. The number of fused-ring (bicyclic) bond motifs is 3. The molecule has 136 valence electrons. The molecule has 27 heavy (non-hydrogen) atoms. The number of carbonyl (C=O) groups is 2. The molecule has 0 amide bonds. The van der Waals surface area contributed by atoms with Crippen molar-refractivity contribution in [2.45, 2.75) is 25.8 Å². The zero-order valence-corrected chi connectivity index (χ0v) is 14.8. The van der Waals surface area contributed by atoms with E-state index in [1.807, 2.05) is 0 Å². The quantitative estimate of drug-likeness (QED) is 0.658. The third-order valence-corrected chi connectivity index (χ3v) is 4.99. The van der Waals surface area contributed by atoms with E-state index in [0.717, 1.165) is 4.57 Å². The highest BCUT2D eigenvalue weighted by molar-refractivity contribution is 6.02. The molecule has 7 nitrogen and oxygen atoms in total. The van der Waals surface area contributed by atoms with Crippen molar-refractivity contribution in [3.8, 4) is 0 Å². The second-order valence-corrected chi connectivity index (χ2v) is 6.65. The van der Waals surface area contributed by atoms with Gasteiger partial charge in [0.2, 0.25) is 0 Å². The Labute approximate surface area is 153 Å². The van der Waals surface area contributed by atoms with E-state index in [2.05, 4.69) is 4.98 Å². The van der Waals surface area contributed by atoms with Crippen LogP contribution in [0.2, 0.25) is 0 Å². The largest absolute Gasteiger partial charge is 0.332 e. The fourth-order valence-corrected chi connectivity index (χ4v) is 3.57. The molecule has 7 heteroatoms. The number of hydrogen-bond acceptors (Lipinski definition) is 5. The van der Waals surface area contributed by atoms with Crippen molar-refractivity contribution in [2.75, 3.05) is 0 Å². The van der Waals surface area contributed by atoms with Crippen molar-refractivity contribution >= 4 is 22.6 Å². The summed E-state index contributed by atoms with van der Waals surface area (Å²) < 4.78 is 2.19. The molecular weight excluding hydrogens is 346 g/mol. The number of nitrogens with zero attached hydrogens (tertiary/aromatic N) is 3. The van der Waals surface area contributed by atoms with Crippen molar-refractivity contribution in [1.29, 1.82) is 0 Å². The number of aromatic nitrogens is 3. The van der Waals surface area contributed by atoms with Gasteiger partial charge in [-0.2, -0.15) is 0 Å². The van der Waals surface area contributed by atoms with Crippen LogP contribution >= 0.6 is 0 Å². The standard InChI is InChI=1S/C20H17N3O4/c1-22-18-17(13-8-5-9-15(24)14(13)10-21-18)19(26)23(20(22)27)11-16(25)12-6-3-2-4-7-12/h2-4,6-7,10H,5,8-9,11H2,1H3. The maximum atomic E-state index is 13.1. The normalized spacial score (nSPS) is 13.6. The van der Waals surface area contributed by atoms with E-state index in [9.17, 15) is 19.2 Å². The number of Topliss-reactive ketones (excluding diaryl/α,β-unsaturated/α-hetero) is 2. The first kappa shape index (κ1) is 17.1. The van der Waals surface area contributed by atoms with Gasteiger partial charge in [-0.05, 0) is 18.4 Å². The smallest absolute Gasteiger partial charge is 0.294 e. The Morgan fingerprint density at radius 2 is 1.85 bits per heavy atom. The summed E-state index contributed by atoms with van der Waals surface area (Å²) in [5.41, 5.74) is 0.544. The monoisotopic (exact) mass is 363 g/mol. The molecule has 0 fully saturated rings. The number of hydrogen-bond donors (Lipinski definition) is 0. The lowest BCUT2D eigenvalue weighted by atomic mass is 9.90. The second kappa shape index (κ2) is 6.42. The number of benzene rings is 1. The van der Waals surface area contributed by atoms with Crippen LogP contribution in [0.1, 0.15) is 39.1 Å². The van der Waals surface area contributed by atoms with E-state index in [0.29, 0.717) is 36.0 Å². The summed E-state index contributed by atoms with van der Waals surface area (Å²) in [7, 11) is 1.51. The minimum atomic E-state index is -0.605. The summed E-state index contributed by atoms with van der Waals surface area (Å²) in [5.74, 6) is -0.381. The summed E-state index contributed by atoms with van der Waals surface area (Å²) >= 11 is 0. The van der Waals surface area contributed by atoms with Crippen molar-refractivity contribution < 1.29 is 9.59 Å². The van der Waals surface area contributed by atoms with Gasteiger partial charge < -0.3 is 0 Å². The molecule has 0 N–H and O–H groups in total. The topological polar surface area (TPSA) is 91.0 Å². The van der Waals surface area contributed by atoms with Crippen LogP contribution in [0.15, 0.2) is 46.1 Å². The van der Waals surface area contributed by atoms with Crippen LogP contribution < -0.4 is 11.2 Å². The maximum absolute atomic E-state index is 13.1. The molecule has 1 aliphatic carbocycles. The fourth-order valence-electron chi connectivity index (χ4n) is 3.57. The van der Waals surface area contributed by atoms with E-state index < -0.39 is 11.2 Å². The van der Waals surface area contributed by atoms with E-state index in [-0.39, 0.29) is 29.1 Å². The molecule has 0 bridgehead atoms. The first-order valence-electron chi connectivity index (χ1n) is 8.72. The molecular formula is C20H17N3O4. The lowest BCUT2D eigenvalue weighted by molar-refractivity contribution is 0.0961. The average Bonchev–Trinajstić information content (AvgIpc) is 2.69. The van der Waals surface area contributed by atoms with Crippen LogP contribution in [0.3, 0.4) is 0 Å². The SMILES string of the molecule is Cn1c(=O)n(CC(=O)c2ccccc2)c(=O)c2c3c(cnc21)C(=O)CCC3. The number of aryl methyl sites for hydroxylation is 2. The third kappa shape index (κ3) is 2.71. The van der Waals surface area contributed by atoms with E-state index in [1.54, 1.807) is 30.3 Å². The lowest BCUT2D eigenvalue weighted by Crippen LogP contribution is -2.41. The number of pyridine rings is 1. The highest BCUT2D eigenvalue weighted by Gasteiger charge is 2.24. The zero-order chi connectivity index (χ0) is 19.1. The second-order valence-electron chi connectivity index (χ2n) is 6.65. The Morgan fingerprint density at radius 1 is 1.11 bits per heavy atom. The molecule has 1 aliphatic rings. The van der Waals surface area contributed by atoms with Crippen LogP contribution in [-0.2, 0) is 20.0 Å². The molecule has 0 radical (unpaired) electrons. The molecule has 2 heterocycles. The molecule has 1 aromatic carbocycles. The molecule has 0 unspecified atom stereocenters. The summed E-state index contributed by atoms with van der Waals surface area (Å²) in [4.78, 5) is 54.6. The van der Waals surface area contributed by atoms with E-state index in [4.69, 9.17) is 0 Å². The Bertz CT molecular complexity index is 1210. The highest BCUT2D eigenvalue weighted by Crippen LogP contribution is 2.25. The molecule has 0 saturated heterocycles. The van der Waals surface area contributed by atoms with Gasteiger partial charge in [-0.3, -0.25) is 23.5 Å². The van der Waals surface area contributed by atoms with E-state index >= 15 is 0 Å². The van der Waals surface area contributed by atoms with Gasteiger partial charge in [-0.1, -0.05) is 30.3 Å². The molecule has 0 spiro atoms. The first-order chi connectivity index (χ1) is 13.0. The molecule has 0 aliphatic heterocycles. The zero-order valence-electron chi connectivity index (χ0n) is 14.8. The number of rotatable bonds is 3. The van der Waals surface area contributed by atoms with Crippen molar-refractivity contribution in [3.05, 3.63) is 74.1 Å². The van der Waals surface area contributed by atoms with Gasteiger partial charge >= 0.3 is 5.69 Å².